The van der Waals surface area contributed by atoms with E-state index < -0.39 is 0 Å². The van der Waals surface area contributed by atoms with Crippen LogP contribution in [-0.2, 0) is 6.54 Å². The van der Waals surface area contributed by atoms with Crippen molar-refractivity contribution in [2.75, 3.05) is 0 Å². The van der Waals surface area contributed by atoms with E-state index in [0.29, 0.717) is 6.04 Å². The van der Waals surface area contributed by atoms with Crippen LogP contribution in [0.25, 0.3) is 16.6 Å². The normalized spacial score (nSPS) is 14.8. The molecule has 1 saturated carbocycles. The quantitative estimate of drug-likeness (QED) is 0.788. The van der Waals surface area contributed by atoms with Crippen molar-refractivity contribution in [3.05, 3.63) is 54.5 Å². The van der Waals surface area contributed by atoms with Crippen molar-refractivity contribution >= 4 is 10.9 Å². The van der Waals surface area contributed by atoms with E-state index in [9.17, 15) is 0 Å². The van der Waals surface area contributed by atoms with Gasteiger partial charge >= 0.3 is 0 Å². The third-order valence-electron chi connectivity index (χ3n) is 3.64. The number of rotatable bonds is 4. The third-order valence-corrected chi connectivity index (χ3v) is 3.64. The molecule has 0 saturated heterocycles. The lowest BCUT2D eigenvalue weighted by Gasteiger charge is -2.03. The van der Waals surface area contributed by atoms with E-state index in [4.69, 9.17) is 0 Å². The van der Waals surface area contributed by atoms with Crippen LogP contribution in [0.5, 0.6) is 0 Å². The SMILES string of the molecule is c1cnc2ccc(-n3ccc(CNC4CC4)n3)cc2c1. The minimum Gasteiger partial charge on any atom is -0.308 e. The van der Waals surface area contributed by atoms with E-state index >= 15 is 0 Å². The van der Waals surface area contributed by atoms with Gasteiger partial charge in [0.1, 0.15) is 0 Å². The van der Waals surface area contributed by atoms with E-state index in [1.165, 1.54) is 12.8 Å². The van der Waals surface area contributed by atoms with Gasteiger partial charge in [-0.3, -0.25) is 4.98 Å². The number of nitrogens with one attached hydrogen (secondary N) is 1. The van der Waals surface area contributed by atoms with Crippen LogP contribution >= 0.6 is 0 Å². The van der Waals surface area contributed by atoms with Crippen molar-refractivity contribution in [2.24, 2.45) is 0 Å². The molecular weight excluding hydrogens is 248 g/mol. The number of hydrogen-bond acceptors (Lipinski definition) is 3. The Labute approximate surface area is 117 Å². The van der Waals surface area contributed by atoms with Gasteiger partial charge in [-0.25, -0.2) is 4.68 Å². The average molecular weight is 264 g/mol. The second-order valence-corrected chi connectivity index (χ2v) is 5.29. The summed E-state index contributed by atoms with van der Waals surface area (Å²) >= 11 is 0. The predicted molar refractivity (Wildman–Crippen MR) is 78.7 cm³/mol. The number of aromatic nitrogens is 3. The Kier molecular flexibility index (Phi) is 2.74. The Bertz CT molecular complexity index is 743. The standard InChI is InChI=1S/C16H16N4/c1-2-12-10-15(5-6-16(12)17-8-1)20-9-7-14(19-20)11-18-13-3-4-13/h1-2,5-10,13,18H,3-4,11H2. The van der Waals surface area contributed by atoms with Gasteiger partial charge in [0.15, 0.2) is 0 Å². The van der Waals surface area contributed by atoms with Crippen molar-refractivity contribution in [1.29, 1.82) is 0 Å². The molecule has 0 spiro atoms. The first-order valence-electron chi connectivity index (χ1n) is 7.01. The molecule has 0 aliphatic heterocycles. The van der Waals surface area contributed by atoms with Crippen LogP contribution in [0, 0.1) is 0 Å². The van der Waals surface area contributed by atoms with E-state index in [-0.39, 0.29) is 0 Å². The summed E-state index contributed by atoms with van der Waals surface area (Å²) in [6, 6.07) is 13.0. The Balaban J connectivity index is 1.60. The van der Waals surface area contributed by atoms with Crippen LogP contribution in [0.1, 0.15) is 18.5 Å². The first-order valence-corrected chi connectivity index (χ1v) is 7.01. The lowest BCUT2D eigenvalue weighted by atomic mass is 10.2. The summed E-state index contributed by atoms with van der Waals surface area (Å²) in [4.78, 5) is 4.34. The number of fused-ring (bicyclic) bond motifs is 1. The molecule has 0 amide bonds. The maximum atomic E-state index is 4.62. The first-order chi connectivity index (χ1) is 9.88. The lowest BCUT2D eigenvalue weighted by Crippen LogP contribution is -2.15. The summed E-state index contributed by atoms with van der Waals surface area (Å²) < 4.78 is 1.93. The second kappa shape index (κ2) is 4.72. The number of benzene rings is 1. The summed E-state index contributed by atoms with van der Waals surface area (Å²) in [7, 11) is 0. The van der Waals surface area contributed by atoms with E-state index in [1.807, 2.05) is 29.2 Å². The summed E-state index contributed by atoms with van der Waals surface area (Å²) in [6.07, 6.45) is 6.44. The van der Waals surface area contributed by atoms with E-state index in [2.05, 4.69) is 39.7 Å². The molecule has 1 aromatic carbocycles. The van der Waals surface area contributed by atoms with Gasteiger partial charge in [-0.1, -0.05) is 6.07 Å². The molecule has 20 heavy (non-hydrogen) atoms. The van der Waals surface area contributed by atoms with Crippen molar-refractivity contribution in [3.63, 3.8) is 0 Å². The monoisotopic (exact) mass is 264 g/mol. The fraction of sp³-hybridized carbons (Fsp3) is 0.250. The number of hydrogen-bond donors (Lipinski definition) is 1. The molecule has 4 heteroatoms. The van der Waals surface area contributed by atoms with Gasteiger partial charge in [0, 0.05) is 30.4 Å². The molecule has 0 radical (unpaired) electrons. The molecule has 100 valence electrons. The topological polar surface area (TPSA) is 42.7 Å². The van der Waals surface area contributed by atoms with Crippen molar-refractivity contribution < 1.29 is 0 Å². The van der Waals surface area contributed by atoms with Gasteiger partial charge in [0.25, 0.3) is 0 Å². The molecule has 2 heterocycles. The Morgan fingerprint density at radius 3 is 3.05 bits per heavy atom. The molecule has 3 aromatic rings. The Morgan fingerprint density at radius 1 is 1.20 bits per heavy atom. The summed E-state index contributed by atoms with van der Waals surface area (Å²) in [5.74, 6) is 0. The van der Waals surface area contributed by atoms with Crippen molar-refractivity contribution in [1.82, 2.24) is 20.1 Å². The highest BCUT2D eigenvalue weighted by atomic mass is 15.3. The van der Waals surface area contributed by atoms with Crippen LogP contribution in [-0.4, -0.2) is 20.8 Å². The highest BCUT2D eigenvalue weighted by molar-refractivity contribution is 5.80. The molecule has 1 fully saturated rings. The van der Waals surface area contributed by atoms with Crippen LogP contribution in [0.15, 0.2) is 48.8 Å². The lowest BCUT2D eigenvalue weighted by molar-refractivity contribution is 0.665. The Hall–Kier alpha value is -2.20. The fourth-order valence-corrected chi connectivity index (χ4v) is 2.34. The number of nitrogens with zero attached hydrogens (tertiary/aromatic N) is 3. The molecule has 1 aliphatic carbocycles. The van der Waals surface area contributed by atoms with E-state index in [1.54, 1.807) is 0 Å². The molecule has 1 aliphatic rings. The van der Waals surface area contributed by atoms with Crippen molar-refractivity contribution in [2.45, 2.75) is 25.4 Å². The maximum Gasteiger partial charge on any atom is 0.0766 e. The number of pyridine rings is 1. The zero-order chi connectivity index (χ0) is 13.4. The summed E-state index contributed by atoms with van der Waals surface area (Å²) in [5, 5.41) is 9.24. The molecular formula is C16H16N4. The smallest absolute Gasteiger partial charge is 0.0766 e. The maximum absolute atomic E-state index is 4.62. The molecule has 4 nitrogen and oxygen atoms in total. The van der Waals surface area contributed by atoms with Crippen LogP contribution in [0.3, 0.4) is 0 Å². The molecule has 0 unspecified atom stereocenters. The molecule has 0 atom stereocenters. The van der Waals surface area contributed by atoms with Gasteiger partial charge in [-0.05, 0) is 43.2 Å². The minimum atomic E-state index is 0.715. The first kappa shape index (κ1) is 11.6. The van der Waals surface area contributed by atoms with Crippen LogP contribution in [0.4, 0.5) is 0 Å². The molecule has 2 aromatic heterocycles. The molecule has 1 N–H and O–H groups in total. The third kappa shape index (κ3) is 2.30. The van der Waals surface area contributed by atoms with Gasteiger partial charge in [-0.2, -0.15) is 5.10 Å². The van der Waals surface area contributed by atoms with Crippen LogP contribution in [0.2, 0.25) is 0 Å². The predicted octanol–water partition coefficient (Wildman–Crippen LogP) is 2.67. The minimum absolute atomic E-state index is 0.715. The zero-order valence-electron chi connectivity index (χ0n) is 11.2. The van der Waals surface area contributed by atoms with Gasteiger partial charge in [0.05, 0.1) is 16.9 Å². The Morgan fingerprint density at radius 2 is 2.15 bits per heavy atom. The van der Waals surface area contributed by atoms with Crippen molar-refractivity contribution in [3.8, 4) is 5.69 Å². The largest absolute Gasteiger partial charge is 0.308 e. The second-order valence-electron chi connectivity index (χ2n) is 5.29. The highest BCUT2D eigenvalue weighted by Crippen LogP contribution is 2.19. The average Bonchev–Trinajstić information content (AvgIpc) is 3.21. The van der Waals surface area contributed by atoms with Gasteiger partial charge in [-0.15, -0.1) is 0 Å². The fourth-order valence-electron chi connectivity index (χ4n) is 2.34. The summed E-state index contributed by atoms with van der Waals surface area (Å²) in [5.41, 5.74) is 3.17. The van der Waals surface area contributed by atoms with Gasteiger partial charge < -0.3 is 5.32 Å². The summed E-state index contributed by atoms with van der Waals surface area (Å²) in [6.45, 7) is 0.854. The molecule has 4 rings (SSSR count). The van der Waals surface area contributed by atoms with E-state index in [0.717, 1.165) is 28.8 Å². The zero-order valence-corrected chi connectivity index (χ0v) is 11.2. The highest BCUT2D eigenvalue weighted by Gasteiger charge is 2.20. The molecule has 0 bridgehead atoms. The van der Waals surface area contributed by atoms with Crippen LogP contribution < -0.4 is 5.32 Å². The van der Waals surface area contributed by atoms with Gasteiger partial charge in [0.2, 0.25) is 0 Å².